The molecule has 16 heteroatoms. The molecule has 0 fully saturated rings. The first kappa shape index (κ1) is 34.2. The molecule has 1 aliphatic rings. The minimum atomic E-state index is -5.10. The smallest absolute Gasteiger partial charge is 0.433 e. The monoisotopic (exact) mass is 683 g/mol. The van der Waals surface area contributed by atoms with Crippen LogP contribution in [0, 0.1) is 6.92 Å². The van der Waals surface area contributed by atoms with E-state index in [0.29, 0.717) is 28.8 Å². The predicted molar refractivity (Wildman–Crippen MR) is 152 cm³/mol. The maximum Gasteiger partial charge on any atom is 0.433 e. The van der Waals surface area contributed by atoms with Crippen LogP contribution in [-0.2, 0) is 29.8 Å². The fourth-order valence-corrected chi connectivity index (χ4v) is 5.21. The molecule has 2 aromatic heterocycles. The zero-order chi connectivity index (χ0) is 35.2. The molecule has 0 amide bonds. The third-order valence-corrected chi connectivity index (χ3v) is 7.51. The molecule has 0 aliphatic carbocycles. The molecule has 0 spiro atoms. The molecule has 4 aromatic rings. The fraction of sp³-hybridized carbons (Fsp3) is 0.250. The minimum Gasteiger partial charge on any atom is -0.481 e. The van der Waals surface area contributed by atoms with Crippen molar-refractivity contribution in [2.75, 3.05) is 7.11 Å². The number of rotatable bonds is 7. The molecule has 0 radical (unpaired) electrons. The van der Waals surface area contributed by atoms with Crippen molar-refractivity contribution in [1.82, 2.24) is 9.97 Å². The van der Waals surface area contributed by atoms with Crippen molar-refractivity contribution >= 4 is 11.7 Å². The second-order valence-electron chi connectivity index (χ2n) is 10.8. The van der Waals surface area contributed by atoms with Crippen molar-refractivity contribution in [3.05, 3.63) is 100.0 Å². The van der Waals surface area contributed by atoms with Gasteiger partial charge in [0.15, 0.2) is 6.10 Å². The van der Waals surface area contributed by atoms with E-state index in [2.05, 4.69) is 15.1 Å². The highest BCUT2D eigenvalue weighted by molar-refractivity contribution is 5.91. The summed E-state index contributed by atoms with van der Waals surface area (Å²) in [5, 5.41) is 13.1. The Bertz CT molecular complexity index is 1890. The van der Waals surface area contributed by atoms with Crippen LogP contribution in [0.1, 0.15) is 56.4 Å². The molecule has 1 aliphatic heterocycles. The summed E-state index contributed by atoms with van der Waals surface area (Å²) in [6.07, 6.45) is -14.8. The van der Waals surface area contributed by atoms with E-state index in [1.807, 2.05) is 0 Å². The quantitative estimate of drug-likeness (QED) is 0.196. The number of nitrogens with zero attached hydrogens (tertiary/aromatic N) is 3. The number of carboxylic acids is 1. The number of hydrogen-bond acceptors (Lipinski definition) is 6. The third kappa shape index (κ3) is 7.21. The Morgan fingerprint density at radius 3 is 2.08 bits per heavy atom. The maximum absolute atomic E-state index is 13.8. The van der Waals surface area contributed by atoms with Gasteiger partial charge in [-0.25, -0.2) is 9.78 Å². The van der Waals surface area contributed by atoms with E-state index in [1.54, 1.807) is 19.1 Å². The van der Waals surface area contributed by atoms with Crippen LogP contribution < -0.4 is 4.74 Å². The summed E-state index contributed by atoms with van der Waals surface area (Å²) in [5.41, 5.74) is -2.91. The number of aryl methyl sites for hydroxylation is 1. The first-order valence-corrected chi connectivity index (χ1v) is 13.8. The lowest BCUT2D eigenvalue weighted by atomic mass is 9.92. The van der Waals surface area contributed by atoms with Crippen molar-refractivity contribution in [3.8, 4) is 28.1 Å². The van der Waals surface area contributed by atoms with E-state index < -0.39 is 53.0 Å². The van der Waals surface area contributed by atoms with E-state index in [1.165, 1.54) is 25.4 Å². The van der Waals surface area contributed by atoms with Crippen LogP contribution in [0.25, 0.3) is 22.3 Å². The first-order chi connectivity index (χ1) is 22.3. The number of ether oxygens (including phenoxy) is 1. The lowest BCUT2D eigenvalue weighted by molar-refractivity contribution is -0.143. The lowest BCUT2D eigenvalue weighted by Gasteiger charge is -2.17. The molecule has 0 saturated heterocycles. The zero-order valence-electron chi connectivity index (χ0n) is 24.7. The van der Waals surface area contributed by atoms with Gasteiger partial charge in [-0.15, -0.1) is 0 Å². The molecule has 48 heavy (non-hydrogen) atoms. The average molecular weight is 684 g/mol. The highest BCUT2D eigenvalue weighted by Crippen LogP contribution is 2.41. The standard InChI is InChI=1S/C32H22F9N3O4/c1-15-5-16(29(45)46)3-4-23(15)19-9-24(28(47-2)43-13-19)25-14-42-27(32(39,40)41)10-17(25)8-22-12-26(48-44-22)18-6-20(30(33,34)35)11-21(7-18)31(36,37)38/h3-7,9-11,13-14,26H,8,12H2,1-2H3,(H,45,46)/t26-/m0/s1. The molecule has 1 atom stereocenters. The van der Waals surface area contributed by atoms with Gasteiger partial charge >= 0.3 is 24.5 Å². The number of alkyl halides is 9. The van der Waals surface area contributed by atoms with Crippen LogP contribution in [0.3, 0.4) is 0 Å². The summed E-state index contributed by atoms with van der Waals surface area (Å²) in [6, 6.07) is 7.63. The van der Waals surface area contributed by atoms with E-state index in [4.69, 9.17) is 9.57 Å². The summed E-state index contributed by atoms with van der Waals surface area (Å²) in [6.45, 7) is 1.66. The number of hydrogen-bond donors (Lipinski definition) is 1. The second kappa shape index (κ2) is 12.5. The Labute approximate surface area is 265 Å². The van der Waals surface area contributed by atoms with Gasteiger partial charge in [-0.2, -0.15) is 39.5 Å². The number of carbonyl (C=O) groups is 1. The third-order valence-electron chi connectivity index (χ3n) is 7.51. The normalized spacial score (nSPS) is 15.2. The molecule has 3 heterocycles. The first-order valence-electron chi connectivity index (χ1n) is 13.8. The summed E-state index contributed by atoms with van der Waals surface area (Å²) in [7, 11) is 1.28. The molecular formula is C32H22F9N3O4. The Morgan fingerprint density at radius 2 is 1.52 bits per heavy atom. The summed E-state index contributed by atoms with van der Waals surface area (Å²) in [5.74, 6) is -1.15. The van der Waals surface area contributed by atoms with Crippen LogP contribution in [0.15, 0.2) is 66.1 Å². The highest BCUT2D eigenvalue weighted by Gasteiger charge is 2.39. The molecule has 7 nitrogen and oxygen atoms in total. The van der Waals surface area contributed by atoms with Gasteiger partial charge in [-0.1, -0.05) is 11.2 Å². The topological polar surface area (TPSA) is 93.9 Å². The number of halogens is 9. The number of aromatic carboxylic acids is 1. The summed E-state index contributed by atoms with van der Waals surface area (Å²) in [4.78, 5) is 24.4. The van der Waals surface area contributed by atoms with Gasteiger partial charge < -0.3 is 14.7 Å². The molecule has 1 N–H and O–H groups in total. The van der Waals surface area contributed by atoms with Crippen LogP contribution in [0.5, 0.6) is 5.88 Å². The van der Waals surface area contributed by atoms with E-state index in [0.717, 1.165) is 12.3 Å². The van der Waals surface area contributed by atoms with Gasteiger partial charge in [0.25, 0.3) is 0 Å². The molecular weight excluding hydrogens is 661 g/mol. The number of aromatic nitrogens is 2. The molecule has 252 valence electrons. The van der Waals surface area contributed by atoms with Crippen molar-refractivity contribution in [2.24, 2.45) is 5.16 Å². The number of pyridine rings is 2. The summed E-state index contributed by atoms with van der Waals surface area (Å²) >= 11 is 0. The van der Waals surface area contributed by atoms with Crippen LogP contribution in [0.2, 0.25) is 0 Å². The van der Waals surface area contributed by atoms with Crippen LogP contribution >= 0.6 is 0 Å². The lowest BCUT2D eigenvalue weighted by Crippen LogP contribution is -2.13. The number of oxime groups is 1. The number of carboxylic acid groups (broad SMARTS) is 1. The van der Waals surface area contributed by atoms with Crippen LogP contribution in [0.4, 0.5) is 39.5 Å². The largest absolute Gasteiger partial charge is 0.481 e. The van der Waals surface area contributed by atoms with E-state index >= 15 is 0 Å². The Balaban J connectivity index is 1.53. The predicted octanol–water partition coefficient (Wildman–Crippen LogP) is 8.94. The van der Waals surface area contributed by atoms with E-state index in [9.17, 15) is 49.4 Å². The van der Waals surface area contributed by atoms with Crippen molar-refractivity contribution in [1.29, 1.82) is 0 Å². The van der Waals surface area contributed by atoms with Crippen molar-refractivity contribution < 1.29 is 59.0 Å². The number of benzene rings is 2. The molecule has 0 unspecified atom stereocenters. The Morgan fingerprint density at radius 1 is 0.854 bits per heavy atom. The second-order valence-corrected chi connectivity index (χ2v) is 10.8. The van der Waals surface area contributed by atoms with Gasteiger partial charge in [0, 0.05) is 41.9 Å². The molecule has 2 aromatic carbocycles. The molecule has 0 saturated carbocycles. The van der Waals surface area contributed by atoms with E-state index in [-0.39, 0.29) is 52.8 Å². The van der Waals surface area contributed by atoms with Crippen LogP contribution in [-0.4, -0.2) is 33.9 Å². The maximum atomic E-state index is 13.8. The highest BCUT2D eigenvalue weighted by atomic mass is 19.4. The summed E-state index contributed by atoms with van der Waals surface area (Å²) < 4.78 is 127. The van der Waals surface area contributed by atoms with Crippen molar-refractivity contribution in [2.45, 2.75) is 44.4 Å². The average Bonchev–Trinajstić information content (AvgIpc) is 3.47. The number of methoxy groups -OCH3 is 1. The van der Waals surface area contributed by atoms with Gasteiger partial charge in [-0.3, -0.25) is 4.98 Å². The SMILES string of the molecule is COc1ncc(-c2ccc(C(=O)O)cc2C)cc1-c1cnc(C(F)(F)F)cc1CC1=NO[C@H](c2cc(C(F)(F)F)cc(C(F)(F)F)c2)C1. The Kier molecular flexibility index (Phi) is 8.88. The van der Waals surface area contributed by atoms with Crippen molar-refractivity contribution in [3.63, 3.8) is 0 Å². The molecule has 5 rings (SSSR count). The van der Waals surface area contributed by atoms with Gasteiger partial charge in [0.05, 0.1) is 29.5 Å². The zero-order valence-corrected chi connectivity index (χ0v) is 24.7. The minimum absolute atomic E-state index is 0.00694. The Hall–Kier alpha value is -5.15. The van der Waals surface area contributed by atoms with Gasteiger partial charge in [0.1, 0.15) is 5.69 Å². The van der Waals surface area contributed by atoms with Gasteiger partial charge in [-0.05, 0) is 71.6 Å². The molecule has 0 bridgehead atoms. The fourth-order valence-electron chi connectivity index (χ4n) is 5.21. The van der Waals surface area contributed by atoms with Gasteiger partial charge in [0.2, 0.25) is 5.88 Å².